The van der Waals surface area contributed by atoms with Crippen LogP contribution < -0.4 is 0 Å². The number of fused-ring (bicyclic) bond motifs is 1. The molecule has 0 N–H and O–H groups in total. The van der Waals surface area contributed by atoms with Crippen LogP contribution in [0.2, 0.25) is 0 Å². The van der Waals surface area contributed by atoms with Crippen molar-refractivity contribution in [3.8, 4) is 0 Å². The second kappa shape index (κ2) is 5.14. The summed E-state index contributed by atoms with van der Waals surface area (Å²) in [7, 11) is -1.31. The molecular formula is C14H17N3O3S. The van der Waals surface area contributed by atoms with Gasteiger partial charge in [-0.15, -0.1) is 0 Å². The Morgan fingerprint density at radius 1 is 1.48 bits per heavy atom. The molecule has 6 nitrogen and oxygen atoms in total. The van der Waals surface area contributed by atoms with E-state index in [0.717, 1.165) is 5.65 Å². The first-order valence-electron chi connectivity index (χ1n) is 6.83. The summed E-state index contributed by atoms with van der Waals surface area (Å²) in [4.78, 5) is 18.2. The molecule has 0 radical (unpaired) electrons. The lowest BCUT2D eigenvalue weighted by molar-refractivity contribution is -0.130. The number of rotatable bonds is 3. The van der Waals surface area contributed by atoms with Crippen LogP contribution in [-0.4, -0.2) is 53.2 Å². The molecule has 112 valence electrons. The smallest absolute Gasteiger partial charge is 0.228 e. The van der Waals surface area contributed by atoms with Crippen LogP contribution in [-0.2, 0) is 21.1 Å². The third-order valence-corrected chi connectivity index (χ3v) is 5.65. The highest BCUT2D eigenvalue weighted by Crippen LogP contribution is 2.17. The molecule has 1 aliphatic rings. The van der Waals surface area contributed by atoms with E-state index in [1.165, 1.54) is 0 Å². The maximum absolute atomic E-state index is 12.3. The van der Waals surface area contributed by atoms with Gasteiger partial charge in [0.1, 0.15) is 5.65 Å². The van der Waals surface area contributed by atoms with E-state index in [2.05, 4.69) is 4.98 Å². The van der Waals surface area contributed by atoms with Crippen molar-refractivity contribution in [1.82, 2.24) is 14.3 Å². The van der Waals surface area contributed by atoms with E-state index in [1.807, 2.05) is 35.0 Å². The van der Waals surface area contributed by atoms with Crippen LogP contribution in [0.3, 0.4) is 0 Å². The van der Waals surface area contributed by atoms with Crippen molar-refractivity contribution in [3.63, 3.8) is 0 Å². The number of imidazole rings is 1. The number of carbonyl (C=O) groups excluding carboxylic acids is 1. The van der Waals surface area contributed by atoms with Gasteiger partial charge in [-0.1, -0.05) is 6.07 Å². The van der Waals surface area contributed by atoms with Gasteiger partial charge in [-0.2, -0.15) is 0 Å². The van der Waals surface area contributed by atoms with E-state index in [-0.39, 0.29) is 29.9 Å². The molecule has 2 aromatic heterocycles. The Kier molecular flexibility index (Phi) is 3.44. The first-order valence-corrected chi connectivity index (χ1v) is 8.65. The Labute approximate surface area is 123 Å². The molecule has 0 spiro atoms. The van der Waals surface area contributed by atoms with Crippen LogP contribution >= 0.6 is 0 Å². The van der Waals surface area contributed by atoms with E-state index < -0.39 is 9.84 Å². The lowest BCUT2D eigenvalue weighted by atomic mass is 10.2. The fourth-order valence-electron chi connectivity index (χ4n) is 2.64. The number of carbonyl (C=O) groups is 1. The largest absolute Gasteiger partial charge is 0.341 e. The average Bonchev–Trinajstić information content (AvgIpc) is 3.00. The molecule has 0 bridgehead atoms. The molecule has 1 aliphatic heterocycles. The summed E-state index contributed by atoms with van der Waals surface area (Å²) < 4.78 is 24.8. The molecular weight excluding hydrogens is 290 g/mol. The molecule has 3 rings (SSSR count). The second-order valence-electron chi connectivity index (χ2n) is 5.44. The number of hydrogen-bond acceptors (Lipinski definition) is 4. The fourth-order valence-corrected chi connectivity index (χ4v) is 4.41. The maximum atomic E-state index is 12.3. The van der Waals surface area contributed by atoms with Crippen molar-refractivity contribution in [2.75, 3.05) is 18.6 Å². The number of pyridine rings is 1. The summed E-state index contributed by atoms with van der Waals surface area (Å²) in [6.07, 6.45) is 4.42. The second-order valence-corrected chi connectivity index (χ2v) is 7.67. The van der Waals surface area contributed by atoms with Gasteiger partial charge in [0.25, 0.3) is 0 Å². The number of nitrogens with zero attached hydrogens (tertiary/aromatic N) is 3. The molecule has 1 saturated heterocycles. The molecule has 0 aromatic carbocycles. The van der Waals surface area contributed by atoms with Gasteiger partial charge in [-0.05, 0) is 18.6 Å². The maximum Gasteiger partial charge on any atom is 0.228 e. The minimum absolute atomic E-state index is 0.0698. The third-order valence-electron chi connectivity index (χ3n) is 3.90. The van der Waals surface area contributed by atoms with E-state index in [4.69, 9.17) is 0 Å². The van der Waals surface area contributed by atoms with Crippen molar-refractivity contribution >= 4 is 21.4 Å². The molecule has 3 heterocycles. The van der Waals surface area contributed by atoms with Gasteiger partial charge in [0.15, 0.2) is 9.84 Å². The Hall–Kier alpha value is -1.89. The predicted molar refractivity (Wildman–Crippen MR) is 78.7 cm³/mol. The Bertz CT molecular complexity index is 749. The van der Waals surface area contributed by atoms with Crippen LogP contribution in [0.4, 0.5) is 0 Å². The van der Waals surface area contributed by atoms with Crippen molar-refractivity contribution in [2.45, 2.75) is 18.9 Å². The number of hydrogen-bond donors (Lipinski definition) is 0. The highest BCUT2D eigenvalue weighted by Gasteiger charge is 2.32. The van der Waals surface area contributed by atoms with E-state index in [1.54, 1.807) is 11.9 Å². The topological polar surface area (TPSA) is 71.8 Å². The van der Waals surface area contributed by atoms with E-state index in [9.17, 15) is 13.2 Å². The summed E-state index contributed by atoms with van der Waals surface area (Å²) in [5, 5.41) is 0. The fraction of sp³-hybridized carbons (Fsp3) is 0.429. The summed E-state index contributed by atoms with van der Waals surface area (Å²) in [6, 6.07) is 5.46. The number of amides is 1. The van der Waals surface area contributed by atoms with Crippen molar-refractivity contribution in [2.24, 2.45) is 0 Å². The van der Waals surface area contributed by atoms with Crippen LogP contribution in [0.1, 0.15) is 12.1 Å². The minimum atomic E-state index is -2.98. The predicted octanol–water partition coefficient (Wildman–Crippen LogP) is 0.522. The van der Waals surface area contributed by atoms with Crippen LogP contribution in [0, 0.1) is 0 Å². The zero-order valence-electron chi connectivity index (χ0n) is 11.8. The Balaban J connectivity index is 1.71. The summed E-state index contributed by atoms with van der Waals surface area (Å²) in [5.41, 5.74) is 1.49. The lowest BCUT2D eigenvalue weighted by Gasteiger charge is -2.22. The van der Waals surface area contributed by atoms with E-state index in [0.29, 0.717) is 12.1 Å². The van der Waals surface area contributed by atoms with Crippen molar-refractivity contribution < 1.29 is 13.2 Å². The summed E-state index contributed by atoms with van der Waals surface area (Å²) >= 11 is 0. The SMILES string of the molecule is CN(C(=O)Cc1cn2ccccc2n1)[C@@H]1CCS(=O)(=O)C1. The van der Waals surface area contributed by atoms with Gasteiger partial charge in [0.05, 0.1) is 23.6 Å². The third kappa shape index (κ3) is 2.92. The quantitative estimate of drug-likeness (QED) is 0.829. The van der Waals surface area contributed by atoms with Gasteiger partial charge < -0.3 is 9.30 Å². The minimum Gasteiger partial charge on any atom is -0.341 e. The zero-order chi connectivity index (χ0) is 15.0. The molecule has 0 saturated carbocycles. The van der Waals surface area contributed by atoms with Crippen molar-refractivity contribution in [1.29, 1.82) is 0 Å². The molecule has 2 aromatic rings. The Morgan fingerprint density at radius 2 is 2.29 bits per heavy atom. The number of aromatic nitrogens is 2. The standard InChI is InChI=1S/C14H17N3O3S/c1-16(12-5-7-21(19,20)10-12)14(18)8-11-9-17-6-3-2-4-13(17)15-11/h2-4,6,9,12H,5,7-8,10H2,1H3/t12-/m1/s1. The monoisotopic (exact) mass is 307 g/mol. The van der Waals surface area contributed by atoms with Crippen LogP contribution in [0.15, 0.2) is 30.6 Å². The molecule has 1 fully saturated rings. The molecule has 0 aliphatic carbocycles. The van der Waals surface area contributed by atoms with Crippen LogP contribution in [0.25, 0.3) is 5.65 Å². The van der Waals surface area contributed by atoms with Gasteiger partial charge in [-0.3, -0.25) is 4.79 Å². The van der Waals surface area contributed by atoms with Crippen LogP contribution in [0.5, 0.6) is 0 Å². The van der Waals surface area contributed by atoms with Crippen molar-refractivity contribution in [3.05, 3.63) is 36.3 Å². The first-order chi connectivity index (χ1) is 9.94. The molecule has 21 heavy (non-hydrogen) atoms. The van der Waals surface area contributed by atoms with E-state index >= 15 is 0 Å². The van der Waals surface area contributed by atoms with Gasteiger partial charge in [0, 0.05) is 25.5 Å². The summed E-state index contributed by atoms with van der Waals surface area (Å²) in [5.74, 6) is 0.143. The Morgan fingerprint density at radius 3 is 2.95 bits per heavy atom. The lowest BCUT2D eigenvalue weighted by Crippen LogP contribution is -2.38. The number of sulfone groups is 1. The number of likely N-dealkylation sites (N-methyl/N-ethyl adjacent to an activating group) is 1. The van der Waals surface area contributed by atoms with Gasteiger partial charge >= 0.3 is 0 Å². The highest BCUT2D eigenvalue weighted by atomic mass is 32.2. The average molecular weight is 307 g/mol. The van der Waals surface area contributed by atoms with Gasteiger partial charge in [0.2, 0.25) is 5.91 Å². The summed E-state index contributed by atoms with van der Waals surface area (Å²) in [6.45, 7) is 0. The zero-order valence-corrected chi connectivity index (χ0v) is 12.6. The highest BCUT2D eigenvalue weighted by molar-refractivity contribution is 7.91. The molecule has 7 heteroatoms. The molecule has 1 atom stereocenters. The first kappa shape index (κ1) is 14.1. The van der Waals surface area contributed by atoms with Gasteiger partial charge in [-0.25, -0.2) is 13.4 Å². The molecule has 0 unspecified atom stereocenters. The normalized spacial score (nSPS) is 20.7. The molecule has 1 amide bonds.